The van der Waals surface area contributed by atoms with Crippen molar-refractivity contribution >= 4 is 0 Å². The van der Waals surface area contributed by atoms with Gasteiger partial charge in [0.05, 0.1) is 6.10 Å². The van der Waals surface area contributed by atoms with E-state index in [4.69, 9.17) is 15.0 Å². The standard InChI is InChI=1S/C15H25N3O2/c1-15(2)7-5-10(6-8-15)13-17-14(20-18-13)12-4-3-11(9-16)19-12/h10-12H,3-9,16H2,1-2H3. The number of aromatic nitrogens is 2. The van der Waals surface area contributed by atoms with Crippen LogP contribution in [0.5, 0.6) is 0 Å². The molecule has 0 bridgehead atoms. The molecule has 1 aromatic heterocycles. The van der Waals surface area contributed by atoms with E-state index in [-0.39, 0.29) is 12.2 Å². The Kier molecular flexibility index (Phi) is 3.82. The van der Waals surface area contributed by atoms with Crippen molar-refractivity contribution in [2.45, 2.75) is 70.5 Å². The highest BCUT2D eigenvalue weighted by atomic mass is 16.5. The van der Waals surface area contributed by atoms with Gasteiger partial charge in [-0.1, -0.05) is 19.0 Å². The number of ether oxygens (including phenoxy) is 1. The second-order valence-electron chi connectivity index (χ2n) is 6.99. The fourth-order valence-corrected chi connectivity index (χ4v) is 3.26. The van der Waals surface area contributed by atoms with Crippen molar-refractivity contribution in [2.75, 3.05) is 6.54 Å². The molecule has 1 saturated carbocycles. The first kappa shape index (κ1) is 14.0. The van der Waals surface area contributed by atoms with Crippen LogP contribution in [0, 0.1) is 5.41 Å². The molecule has 5 nitrogen and oxygen atoms in total. The SMILES string of the molecule is CC1(C)CCC(c2noc(C3CCC(CN)O3)n2)CC1. The zero-order chi connectivity index (χ0) is 14.2. The van der Waals surface area contributed by atoms with Gasteiger partial charge in [0.25, 0.3) is 5.89 Å². The summed E-state index contributed by atoms with van der Waals surface area (Å²) in [6.07, 6.45) is 6.78. The Balaban J connectivity index is 1.63. The maximum absolute atomic E-state index is 5.81. The monoisotopic (exact) mass is 279 g/mol. The molecule has 2 unspecified atom stereocenters. The van der Waals surface area contributed by atoms with Crippen LogP contribution in [0.15, 0.2) is 4.52 Å². The second kappa shape index (κ2) is 5.45. The third kappa shape index (κ3) is 2.88. The van der Waals surface area contributed by atoms with E-state index in [1.54, 1.807) is 0 Å². The molecule has 1 aromatic rings. The van der Waals surface area contributed by atoms with Gasteiger partial charge in [0.15, 0.2) is 5.82 Å². The molecule has 2 heterocycles. The van der Waals surface area contributed by atoms with Gasteiger partial charge >= 0.3 is 0 Å². The quantitative estimate of drug-likeness (QED) is 0.920. The zero-order valence-electron chi connectivity index (χ0n) is 12.5. The van der Waals surface area contributed by atoms with Gasteiger partial charge in [0, 0.05) is 12.5 Å². The lowest BCUT2D eigenvalue weighted by molar-refractivity contribution is 0.0307. The topological polar surface area (TPSA) is 74.2 Å². The van der Waals surface area contributed by atoms with Crippen LogP contribution in [-0.4, -0.2) is 22.8 Å². The molecule has 5 heteroatoms. The van der Waals surface area contributed by atoms with Crippen LogP contribution in [0.2, 0.25) is 0 Å². The normalized spacial score (nSPS) is 30.8. The van der Waals surface area contributed by atoms with Crippen molar-refractivity contribution in [2.24, 2.45) is 11.1 Å². The molecule has 0 amide bonds. The molecule has 1 aliphatic heterocycles. The summed E-state index contributed by atoms with van der Waals surface area (Å²) in [5, 5.41) is 4.19. The van der Waals surface area contributed by atoms with Crippen molar-refractivity contribution in [3.63, 3.8) is 0 Å². The number of hydrogen-bond donors (Lipinski definition) is 1. The molecule has 112 valence electrons. The molecule has 20 heavy (non-hydrogen) atoms. The molecule has 0 radical (unpaired) electrons. The van der Waals surface area contributed by atoms with Crippen molar-refractivity contribution in [1.82, 2.24) is 10.1 Å². The summed E-state index contributed by atoms with van der Waals surface area (Å²) in [5.74, 6) is 1.96. The summed E-state index contributed by atoms with van der Waals surface area (Å²) >= 11 is 0. The van der Waals surface area contributed by atoms with Crippen molar-refractivity contribution in [3.05, 3.63) is 11.7 Å². The van der Waals surface area contributed by atoms with Gasteiger partial charge in [-0.25, -0.2) is 0 Å². The van der Waals surface area contributed by atoms with Gasteiger partial charge in [-0.05, 0) is 43.9 Å². The maximum atomic E-state index is 5.81. The first-order valence-electron chi connectivity index (χ1n) is 7.76. The zero-order valence-corrected chi connectivity index (χ0v) is 12.5. The van der Waals surface area contributed by atoms with E-state index in [1.165, 1.54) is 12.8 Å². The van der Waals surface area contributed by atoms with Gasteiger partial charge in [0.1, 0.15) is 6.10 Å². The first-order valence-corrected chi connectivity index (χ1v) is 7.76. The number of nitrogens with two attached hydrogens (primary N) is 1. The van der Waals surface area contributed by atoms with Crippen LogP contribution in [0.1, 0.15) is 76.1 Å². The summed E-state index contributed by atoms with van der Waals surface area (Å²) in [6, 6.07) is 0. The van der Waals surface area contributed by atoms with E-state index < -0.39 is 0 Å². The van der Waals surface area contributed by atoms with E-state index in [9.17, 15) is 0 Å². The Morgan fingerprint density at radius 3 is 2.60 bits per heavy atom. The molecule has 2 aliphatic rings. The average Bonchev–Trinajstić information content (AvgIpc) is 3.07. The lowest BCUT2D eigenvalue weighted by atomic mass is 9.73. The third-order valence-corrected chi connectivity index (χ3v) is 4.81. The number of nitrogens with zero attached hydrogens (tertiary/aromatic N) is 2. The van der Waals surface area contributed by atoms with Gasteiger partial charge in [-0.3, -0.25) is 0 Å². The molecule has 2 N–H and O–H groups in total. The Hall–Kier alpha value is -0.940. The predicted octanol–water partition coefficient (Wildman–Crippen LogP) is 2.93. The molecule has 1 aliphatic carbocycles. The highest BCUT2D eigenvalue weighted by molar-refractivity contribution is 5.01. The van der Waals surface area contributed by atoms with Gasteiger partial charge in [-0.15, -0.1) is 0 Å². The highest BCUT2D eigenvalue weighted by Gasteiger charge is 2.33. The summed E-state index contributed by atoms with van der Waals surface area (Å²) in [5.41, 5.74) is 6.09. The Bertz CT molecular complexity index is 448. The van der Waals surface area contributed by atoms with Crippen molar-refractivity contribution in [3.8, 4) is 0 Å². The van der Waals surface area contributed by atoms with E-state index >= 15 is 0 Å². The van der Waals surface area contributed by atoms with E-state index in [0.29, 0.717) is 23.8 Å². The molecular weight excluding hydrogens is 254 g/mol. The minimum absolute atomic E-state index is 0.0511. The van der Waals surface area contributed by atoms with Gasteiger partial charge < -0.3 is 15.0 Å². The van der Waals surface area contributed by atoms with Crippen molar-refractivity contribution in [1.29, 1.82) is 0 Å². The highest BCUT2D eigenvalue weighted by Crippen LogP contribution is 2.42. The smallest absolute Gasteiger partial charge is 0.255 e. The summed E-state index contributed by atoms with van der Waals surface area (Å²) in [4.78, 5) is 4.59. The Morgan fingerprint density at radius 1 is 1.20 bits per heavy atom. The van der Waals surface area contributed by atoms with Crippen molar-refractivity contribution < 1.29 is 9.26 Å². The molecule has 0 aromatic carbocycles. The largest absolute Gasteiger partial charge is 0.364 e. The number of hydrogen-bond acceptors (Lipinski definition) is 5. The van der Waals surface area contributed by atoms with Gasteiger partial charge in [-0.2, -0.15) is 4.98 Å². The molecule has 0 spiro atoms. The van der Waals surface area contributed by atoms with E-state index in [1.807, 2.05) is 0 Å². The first-order chi connectivity index (χ1) is 9.57. The van der Waals surface area contributed by atoms with E-state index in [2.05, 4.69) is 24.0 Å². The minimum Gasteiger partial charge on any atom is -0.364 e. The van der Waals surface area contributed by atoms with Crippen LogP contribution in [-0.2, 0) is 4.74 Å². The number of rotatable bonds is 3. The summed E-state index contributed by atoms with van der Waals surface area (Å²) < 4.78 is 11.2. The van der Waals surface area contributed by atoms with E-state index in [0.717, 1.165) is 31.5 Å². The fraction of sp³-hybridized carbons (Fsp3) is 0.867. The van der Waals surface area contributed by atoms with Crippen LogP contribution < -0.4 is 5.73 Å². The molecular formula is C15H25N3O2. The molecule has 3 rings (SSSR count). The molecule has 1 saturated heterocycles. The van der Waals surface area contributed by atoms with Crippen LogP contribution in [0.25, 0.3) is 0 Å². The lowest BCUT2D eigenvalue weighted by Gasteiger charge is -2.32. The van der Waals surface area contributed by atoms with Crippen LogP contribution >= 0.6 is 0 Å². The summed E-state index contributed by atoms with van der Waals surface area (Å²) in [6.45, 7) is 5.24. The Labute approximate surface area is 120 Å². The fourth-order valence-electron chi connectivity index (χ4n) is 3.26. The second-order valence-corrected chi connectivity index (χ2v) is 6.99. The minimum atomic E-state index is -0.0511. The summed E-state index contributed by atoms with van der Waals surface area (Å²) in [7, 11) is 0. The van der Waals surface area contributed by atoms with Gasteiger partial charge in [0.2, 0.25) is 0 Å². The lowest BCUT2D eigenvalue weighted by Crippen LogP contribution is -2.20. The van der Waals surface area contributed by atoms with Crippen LogP contribution in [0.4, 0.5) is 0 Å². The maximum Gasteiger partial charge on any atom is 0.255 e. The average molecular weight is 279 g/mol. The van der Waals surface area contributed by atoms with Crippen LogP contribution in [0.3, 0.4) is 0 Å². The molecule has 2 fully saturated rings. The predicted molar refractivity (Wildman–Crippen MR) is 75.2 cm³/mol. The third-order valence-electron chi connectivity index (χ3n) is 4.81. The molecule has 2 atom stereocenters. The Morgan fingerprint density at radius 2 is 1.95 bits per heavy atom.